The van der Waals surface area contributed by atoms with Gasteiger partial charge in [0.1, 0.15) is 0 Å². The molecule has 2 heteroatoms. The number of rotatable bonds is 0. The first-order valence-electron chi connectivity index (χ1n) is 2.87. The largest absolute Gasteiger partial charge is 0.238 e. The molecule has 0 fully saturated rings. The molecule has 0 heterocycles. The van der Waals surface area contributed by atoms with Gasteiger partial charge in [0, 0.05) is 4.47 Å². The van der Waals surface area contributed by atoms with Crippen LogP contribution in [0.15, 0.2) is 22.7 Å². The van der Waals surface area contributed by atoms with Crippen LogP contribution in [0.3, 0.4) is 0 Å². The third-order valence-corrected chi connectivity index (χ3v) is 1.61. The van der Waals surface area contributed by atoms with Gasteiger partial charge in [-0.05, 0) is 19.1 Å². The summed E-state index contributed by atoms with van der Waals surface area (Å²) in [6.45, 7) is 8.71. The van der Waals surface area contributed by atoms with Crippen molar-refractivity contribution in [1.82, 2.24) is 0 Å². The fourth-order valence-electron chi connectivity index (χ4n) is 0.782. The number of hydrogen-bond acceptors (Lipinski definition) is 0. The van der Waals surface area contributed by atoms with Crippen molar-refractivity contribution < 1.29 is 0 Å². The maximum absolute atomic E-state index is 6.74. The normalized spacial score (nSPS) is 8.90. The Bertz CT molecular complexity index is 266. The molecule has 0 radical (unpaired) electrons. The Morgan fingerprint density at radius 3 is 2.60 bits per heavy atom. The van der Waals surface area contributed by atoms with Crippen LogP contribution in [0.1, 0.15) is 5.56 Å². The fourth-order valence-corrected chi connectivity index (χ4v) is 1.38. The summed E-state index contributed by atoms with van der Waals surface area (Å²) in [4.78, 5) is 3.31. The van der Waals surface area contributed by atoms with Gasteiger partial charge >= 0.3 is 0 Å². The molecule has 1 aromatic carbocycles. The van der Waals surface area contributed by atoms with E-state index in [0.717, 1.165) is 10.0 Å². The summed E-state index contributed by atoms with van der Waals surface area (Å²) in [5, 5.41) is 0. The highest BCUT2D eigenvalue weighted by Crippen LogP contribution is 2.20. The van der Waals surface area contributed by atoms with Gasteiger partial charge in [-0.25, -0.2) is 4.85 Å². The van der Waals surface area contributed by atoms with Gasteiger partial charge in [-0.3, -0.25) is 0 Å². The topological polar surface area (TPSA) is 4.36 Å². The molecule has 10 heavy (non-hydrogen) atoms. The molecule has 1 rings (SSSR count). The van der Waals surface area contributed by atoms with E-state index in [1.807, 2.05) is 19.1 Å². The number of aryl methyl sites for hydroxylation is 1. The van der Waals surface area contributed by atoms with E-state index in [2.05, 4.69) is 20.8 Å². The SMILES string of the molecule is [C-]#[N+]c1cc(C)cc(Br)c1. The van der Waals surface area contributed by atoms with E-state index in [4.69, 9.17) is 6.57 Å². The van der Waals surface area contributed by atoms with E-state index in [1.54, 1.807) is 6.07 Å². The predicted molar refractivity (Wildman–Crippen MR) is 45.1 cm³/mol. The van der Waals surface area contributed by atoms with E-state index in [1.165, 1.54) is 0 Å². The molecule has 0 aliphatic carbocycles. The lowest BCUT2D eigenvalue weighted by Crippen LogP contribution is -1.69. The first-order valence-corrected chi connectivity index (χ1v) is 3.66. The van der Waals surface area contributed by atoms with Crippen LogP contribution in [0.4, 0.5) is 5.69 Å². The lowest BCUT2D eigenvalue weighted by atomic mass is 10.2. The van der Waals surface area contributed by atoms with Gasteiger partial charge < -0.3 is 0 Å². The van der Waals surface area contributed by atoms with Crippen LogP contribution in [0.25, 0.3) is 4.85 Å². The Balaban J connectivity index is 3.22. The van der Waals surface area contributed by atoms with E-state index < -0.39 is 0 Å². The van der Waals surface area contributed by atoms with Crippen LogP contribution in [0, 0.1) is 13.5 Å². The van der Waals surface area contributed by atoms with E-state index in [-0.39, 0.29) is 0 Å². The van der Waals surface area contributed by atoms with Crippen LogP contribution in [0.5, 0.6) is 0 Å². The minimum atomic E-state index is 0.687. The molecule has 0 aliphatic rings. The van der Waals surface area contributed by atoms with Crippen LogP contribution in [0.2, 0.25) is 0 Å². The summed E-state index contributed by atoms with van der Waals surface area (Å²) in [7, 11) is 0. The third-order valence-electron chi connectivity index (χ3n) is 1.16. The number of benzene rings is 1. The van der Waals surface area contributed by atoms with Crippen LogP contribution >= 0.6 is 15.9 Å². The molecular formula is C8H6BrN. The highest BCUT2D eigenvalue weighted by Gasteiger charge is 1.92. The average molecular weight is 196 g/mol. The minimum absolute atomic E-state index is 0.687. The molecule has 0 bridgehead atoms. The van der Waals surface area contributed by atoms with Crippen molar-refractivity contribution in [2.75, 3.05) is 0 Å². The zero-order chi connectivity index (χ0) is 7.56. The molecule has 50 valence electrons. The maximum Gasteiger partial charge on any atom is 0.188 e. The van der Waals surface area contributed by atoms with Crippen molar-refractivity contribution >= 4 is 21.6 Å². The van der Waals surface area contributed by atoms with Gasteiger partial charge in [0.05, 0.1) is 6.57 Å². The second-order valence-electron chi connectivity index (χ2n) is 2.10. The average Bonchev–Trinajstić information content (AvgIpc) is 1.85. The third kappa shape index (κ3) is 1.58. The summed E-state index contributed by atoms with van der Waals surface area (Å²) >= 11 is 3.31. The Labute approximate surface area is 68.6 Å². The van der Waals surface area contributed by atoms with Gasteiger partial charge in [0.25, 0.3) is 0 Å². The number of nitrogens with zero attached hydrogens (tertiary/aromatic N) is 1. The molecule has 0 saturated carbocycles. The molecule has 0 saturated heterocycles. The van der Waals surface area contributed by atoms with Crippen LogP contribution in [-0.2, 0) is 0 Å². The molecule has 1 aromatic rings. The van der Waals surface area contributed by atoms with E-state index in [0.29, 0.717) is 5.69 Å². The second kappa shape index (κ2) is 2.85. The minimum Gasteiger partial charge on any atom is -0.238 e. The lowest BCUT2D eigenvalue weighted by Gasteiger charge is -1.94. The van der Waals surface area contributed by atoms with Crippen LogP contribution < -0.4 is 0 Å². The summed E-state index contributed by atoms with van der Waals surface area (Å²) in [5.41, 5.74) is 1.80. The predicted octanol–water partition coefficient (Wildman–Crippen LogP) is 3.31. The number of halogens is 1. The molecule has 0 N–H and O–H groups in total. The monoisotopic (exact) mass is 195 g/mol. The summed E-state index contributed by atoms with van der Waals surface area (Å²) < 4.78 is 0.971. The molecule has 0 atom stereocenters. The van der Waals surface area contributed by atoms with Crippen molar-refractivity contribution in [2.24, 2.45) is 0 Å². The Kier molecular flexibility index (Phi) is 2.08. The molecular weight excluding hydrogens is 190 g/mol. The molecule has 0 unspecified atom stereocenters. The molecule has 0 aromatic heterocycles. The van der Waals surface area contributed by atoms with Gasteiger partial charge in [-0.2, -0.15) is 0 Å². The van der Waals surface area contributed by atoms with Gasteiger partial charge in [0.15, 0.2) is 5.69 Å². The Morgan fingerprint density at radius 2 is 2.10 bits per heavy atom. The summed E-state index contributed by atoms with van der Waals surface area (Å²) in [6, 6.07) is 5.65. The van der Waals surface area contributed by atoms with Crippen molar-refractivity contribution in [3.8, 4) is 0 Å². The quantitative estimate of drug-likeness (QED) is 0.560. The molecule has 0 aliphatic heterocycles. The molecule has 0 spiro atoms. The standard InChI is InChI=1S/C8H6BrN/c1-6-3-7(9)5-8(4-6)10-2/h3-5H,1H3. The summed E-state index contributed by atoms with van der Waals surface area (Å²) in [6.07, 6.45) is 0. The summed E-state index contributed by atoms with van der Waals surface area (Å²) in [5.74, 6) is 0. The first kappa shape index (κ1) is 7.30. The smallest absolute Gasteiger partial charge is 0.188 e. The van der Waals surface area contributed by atoms with Crippen molar-refractivity contribution in [3.63, 3.8) is 0 Å². The molecule has 0 amide bonds. The van der Waals surface area contributed by atoms with E-state index in [9.17, 15) is 0 Å². The fraction of sp³-hybridized carbons (Fsp3) is 0.125. The van der Waals surface area contributed by atoms with E-state index >= 15 is 0 Å². The van der Waals surface area contributed by atoms with Crippen molar-refractivity contribution in [1.29, 1.82) is 0 Å². The number of hydrogen-bond donors (Lipinski definition) is 0. The zero-order valence-electron chi connectivity index (χ0n) is 5.56. The highest BCUT2D eigenvalue weighted by molar-refractivity contribution is 9.10. The second-order valence-corrected chi connectivity index (χ2v) is 3.01. The Morgan fingerprint density at radius 1 is 1.40 bits per heavy atom. The van der Waals surface area contributed by atoms with Crippen molar-refractivity contribution in [3.05, 3.63) is 39.7 Å². The van der Waals surface area contributed by atoms with Gasteiger partial charge in [-0.15, -0.1) is 0 Å². The maximum atomic E-state index is 6.74. The highest BCUT2D eigenvalue weighted by atomic mass is 79.9. The Hall–Kier alpha value is -0.810. The van der Waals surface area contributed by atoms with Crippen molar-refractivity contribution in [2.45, 2.75) is 6.92 Å². The molecule has 1 nitrogen and oxygen atoms in total. The zero-order valence-corrected chi connectivity index (χ0v) is 7.14. The first-order chi connectivity index (χ1) is 4.72. The van der Waals surface area contributed by atoms with Crippen LogP contribution in [-0.4, -0.2) is 0 Å². The van der Waals surface area contributed by atoms with Gasteiger partial charge in [0.2, 0.25) is 0 Å². The lowest BCUT2D eigenvalue weighted by molar-refractivity contribution is 1.46. The van der Waals surface area contributed by atoms with Gasteiger partial charge in [-0.1, -0.05) is 27.6 Å².